The SMILES string of the molecule is O=C(OCc1ccccc1)[C@@H]1[C@H](Cc2ccc(O)cc2)C(=O)N1C(=O)c1ccccc1. The summed E-state index contributed by atoms with van der Waals surface area (Å²) in [6.45, 7) is 0.0592. The molecule has 31 heavy (non-hydrogen) atoms. The highest BCUT2D eigenvalue weighted by atomic mass is 16.5. The van der Waals surface area contributed by atoms with Gasteiger partial charge in [-0.1, -0.05) is 60.7 Å². The number of amides is 2. The van der Waals surface area contributed by atoms with Crippen molar-refractivity contribution in [1.82, 2.24) is 4.90 Å². The second kappa shape index (κ2) is 8.83. The van der Waals surface area contributed by atoms with E-state index in [9.17, 15) is 19.5 Å². The summed E-state index contributed by atoms with van der Waals surface area (Å²) in [5.74, 6) is -2.14. The van der Waals surface area contributed by atoms with Crippen molar-refractivity contribution in [2.24, 2.45) is 5.92 Å². The molecule has 0 aromatic heterocycles. The zero-order valence-corrected chi connectivity index (χ0v) is 16.7. The number of benzene rings is 3. The van der Waals surface area contributed by atoms with Crippen LogP contribution in [-0.4, -0.2) is 33.8 Å². The van der Waals surface area contributed by atoms with Crippen molar-refractivity contribution >= 4 is 17.8 Å². The number of carbonyl (C=O) groups excluding carboxylic acids is 3. The molecule has 1 heterocycles. The van der Waals surface area contributed by atoms with E-state index in [1.807, 2.05) is 30.3 Å². The van der Waals surface area contributed by atoms with Crippen molar-refractivity contribution in [3.8, 4) is 5.75 Å². The summed E-state index contributed by atoms with van der Waals surface area (Å²) >= 11 is 0. The molecule has 0 saturated carbocycles. The van der Waals surface area contributed by atoms with Crippen LogP contribution >= 0.6 is 0 Å². The van der Waals surface area contributed by atoms with Gasteiger partial charge in [0.1, 0.15) is 18.4 Å². The third-order valence-corrected chi connectivity index (χ3v) is 5.31. The highest BCUT2D eigenvalue weighted by molar-refractivity contribution is 6.13. The quantitative estimate of drug-likeness (QED) is 0.379. The van der Waals surface area contributed by atoms with Gasteiger partial charge in [0, 0.05) is 5.56 Å². The van der Waals surface area contributed by atoms with E-state index in [0.29, 0.717) is 5.56 Å². The lowest BCUT2D eigenvalue weighted by Gasteiger charge is -2.43. The third kappa shape index (κ3) is 4.33. The zero-order valence-electron chi connectivity index (χ0n) is 16.7. The first-order chi connectivity index (χ1) is 15.0. The predicted molar refractivity (Wildman–Crippen MR) is 113 cm³/mol. The van der Waals surface area contributed by atoms with Gasteiger partial charge in [0.2, 0.25) is 5.91 Å². The molecule has 1 aliphatic heterocycles. The van der Waals surface area contributed by atoms with Gasteiger partial charge in [-0.2, -0.15) is 0 Å². The van der Waals surface area contributed by atoms with Crippen molar-refractivity contribution in [3.05, 3.63) is 102 Å². The summed E-state index contributed by atoms with van der Waals surface area (Å²) in [5, 5.41) is 9.48. The molecular weight excluding hydrogens is 394 g/mol. The fourth-order valence-corrected chi connectivity index (χ4v) is 3.66. The van der Waals surface area contributed by atoms with E-state index in [-0.39, 0.29) is 18.8 Å². The highest BCUT2D eigenvalue weighted by Gasteiger charge is 2.55. The molecule has 1 aliphatic rings. The number of esters is 1. The zero-order chi connectivity index (χ0) is 21.8. The second-order valence-corrected chi connectivity index (χ2v) is 7.39. The maximum atomic E-state index is 12.9. The van der Waals surface area contributed by atoms with Crippen LogP contribution in [0.25, 0.3) is 0 Å². The topological polar surface area (TPSA) is 83.9 Å². The Morgan fingerprint density at radius 2 is 1.45 bits per heavy atom. The predicted octanol–water partition coefficient (Wildman–Crippen LogP) is 3.35. The van der Waals surface area contributed by atoms with E-state index in [2.05, 4.69) is 0 Å². The maximum Gasteiger partial charge on any atom is 0.330 e. The lowest BCUT2D eigenvalue weighted by atomic mass is 9.81. The molecule has 6 nitrogen and oxygen atoms in total. The number of ether oxygens (including phenoxy) is 1. The molecule has 156 valence electrons. The minimum atomic E-state index is -1.00. The molecular formula is C25H21NO5. The molecule has 0 radical (unpaired) electrons. The van der Waals surface area contributed by atoms with Crippen LogP contribution in [0.15, 0.2) is 84.9 Å². The molecule has 0 unspecified atom stereocenters. The number of rotatable bonds is 6. The fourth-order valence-electron chi connectivity index (χ4n) is 3.66. The molecule has 1 N–H and O–H groups in total. The summed E-state index contributed by atoms with van der Waals surface area (Å²) in [5.41, 5.74) is 1.93. The Hall–Kier alpha value is -3.93. The third-order valence-electron chi connectivity index (χ3n) is 5.31. The van der Waals surface area contributed by atoms with Crippen molar-refractivity contribution in [1.29, 1.82) is 0 Å². The monoisotopic (exact) mass is 415 g/mol. The number of aromatic hydroxyl groups is 1. The minimum Gasteiger partial charge on any atom is -0.508 e. The number of imide groups is 1. The Bertz CT molecular complexity index is 1080. The number of likely N-dealkylation sites (tertiary alicyclic amines) is 1. The van der Waals surface area contributed by atoms with Crippen molar-refractivity contribution in [2.45, 2.75) is 19.1 Å². The molecule has 1 fully saturated rings. The highest BCUT2D eigenvalue weighted by Crippen LogP contribution is 2.33. The molecule has 3 aromatic rings. The Kier molecular flexibility index (Phi) is 5.80. The van der Waals surface area contributed by atoms with Gasteiger partial charge in [0.05, 0.1) is 5.92 Å². The Balaban J connectivity index is 1.55. The standard InChI is InChI=1S/C25H21NO5/c27-20-13-11-17(12-14-20)15-21-22(25(30)31-16-18-7-3-1-4-8-18)26(24(21)29)23(28)19-9-5-2-6-10-19/h1-14,21-22,27H,15-16H2/t21-,22-/m0/s1. The van der Waals surface area contributed by atoms with Crippen LogP contribution in [0, 0.1) is 5.92 Å². The Labute approximate surface area is 179 Å². The van der Waals surface area contributed by atoms with E-state index >= 15 is 0 Å². The molecule has 1 saturated heterocycles. The van der Waals surface area contributed by atoms with Crippen molar-refractivity contribution < 1.29 is 24.2 Å². The van der Waals surface area contributed by atoms with Gasteiger partial charge < -0.3 is 9.84 Å². The van der Waals surface area contributed by atoms with Crippen LogP contribution in [0.4, 0.5) is 0 Å². The summed E-state index contributed by atoms with van der Waals surface area (Å²) in [4.78, 5) is 39.7. The van der Waals surface area contributed by atoms with Crippen LogP contribution in [-0.2, 0) is 27.4 Å². The molecule has 3 aromatic carbocycles. The van der Waals surface area contributed by atoms with E-state index in [0.717, 1.165) is 16.0 Å². The largest absolute Gasteiger partial charge is 0.508 e. The first-order valence-electron chi connectivity index (χ1n) is 9.95. The van der Waals surface area contributed by atoms with Gasteiger partial charge >= 0.3 is 5.97 Å². The van der Waals surface area contributed by atoms with Gasteiger partial charge in [0.25, 0.3) is 5.91 Å². The van der Waals surface area contributed by atoms with Gasteiger partial charge in [-0.25, -0.2) is 4.79 Å². The van der Waals surface area contributed by atoms with Crippen molar-refractivity contribution in [2.75, 3.05) is 0 Å². The van der Waals surface area contributed by atoms with Gasteiger partial charge in [0.15, 0.2) is 0 Å². The van der Waals surface area contributed by atoms with Crippen LogP contribution in [0.2, 0.25) is 0 Å². The van der Waals surface area contributed by atoms with Crippen LogP contribution < -0.4 is 0 Å². The van der Waals surface area contributed by atoms with Gasteiger partial charge in [-0.3, -0.25) is 14.5 Å². The molecule has 6 heteroatoms. The first-order valence-corrected chi connectivity index (χ1v) is 9.95. The van der Waals surface area contributed by atoms with E-state index in [4.69, 9.17) is 4.74 Å². The second-order valence-electron chi connectivity index (χ2n) is 7.39. The lowest BCUT2D eigenvalue weighted by molar-refractivity contribution is -0.170. The fraction of sp³-hybridized carbons (Fsp3) is 0.160. The van der Waals surface area contributed by atoms with E-state index in [1.165, 1.54) is 12.1 Å². The van der Waals surface area contributed by atoms with E-state index in [1.54, 1.807) is 42.5 Å². The number of hydrogen-bond acceptors (Lipinski definition) is 5. The van der Waals surface area contributed by atoms with Crippen LogP contribution in [0.3, 0.4) is 0 Å². The van der Waals surface area contributed by atoms with Gasteiger partial charge in [-0.05, 0) is 41.8 Å². The summed E-state index contributed by atoms with van der Waals surface area (Å²) < 4.78 is 5.46. The number of phenolic OH excluding ortho intramolecular Hbond substituents is 1. The molecule has 0 bridgehead atoms. The Morgan fingerprint density at radius 3 is 2.10 bits per heavy atom. The molecule has 0 aliphatic carbocycles. The number of β-lactam (4-membered cyclic amide) rings is 1. The first kappa shape index (κ1) is 20.3. The van der Waals surface area contributed by atoms with Gasteiger partial charge in [-0.15, -0.1) is 0 Å². The average Bonchev–Trinajstić information content (AvgIpc) is 2.81. The minimum absolute atomic E-state index is 0.0592. The molecule has 2 atom stereocenters. The Morgan fingerprint density at radius 1 is 0.839 bits per heavy atom. The van der Waals surface area contributed by atoms with Crippen LogP contribution in [0.1, 0.15) is 21.5 Å². The van der Waals surface area contributed by atoms with Crippen LogP contribution in [0.5, 0.6) is 5.75 Å². The number of nitrogens with zero attached hydrogens (tertiary/aromatic N) is 1. The lowest BCUT2D eigenvalue weighted by Crippen LogP contribution is -2.67. The number of phenols is 1. The maximum absolute atomic E-state index is 12.9. The van der Waals surface area contributed by atoms with Crippen molar-refractivity contribution in [3.63, 3.8) is 0 Å². The summed E-state index contributed by atoms with van der Waals surface area (Å²) in [7, 11) is 0. The molecule has 0 spiro atoms. The smallest absolute Gasteiger partial charge is 0.330 e. The summed E-state index contributed by atoms with van der Waals surface area (Å²) in [6.07, 6.45) is 0.267. The molecule has 4 rings (SSSR count). The average molecular weight is 415 g/mol. The van der Waals surface area contributed by atoms with E-state index < -0.39 is 29.7 Å². The number of carbonyl (C=O) groups is 3. The summed E-state index contributed by atoms with van der Waals surface area (Å²) in [6, 6.07) is 23.0. The normalized spacial score (nSPS) is 17.7. The number of hydrogen-bond donors (Lipinski definition) is 1. The molecule has 2 amide bonds.